The van der Waals surface area contributed by atoms with E-state index < -0.39 is 88.9 Å². The highest BCUT2D eigenvalue weighted by Gasteiger charge is 2.45. The highest BCUT2D eigenvalue weighted by atomic mass is 35.5. The average molecular weight is 834 g/mol. The van der Waals surface area contributed by atoms with E-state index in [1.807, 2.05) is 0 Å². The number of alkyl halides is 2. The van der Waals surface area contributed by atoms with Crippen molar-refractivity contribution in [2.75, 3.05) is 16.2 Å². The van der Waals surface area contributed by atoms with Crippen LogP contribution in [0.2, 0.25) is 5.02 Å². The summed E-state index contributed by atoms with van der Waals surface area (Å²) in [5.74, 6) is 2.66. The average Bonchev–Trinajstić information content (AvgIpc) is 3.82. The van der Waals surface area contributed by atoms with E-state index in [0.717, 1.165) is 12.1 Å². The third kappa shape index (κ3) is 8.59. The van der Waals surface area contributed by atoms with Crippen molar-refractivity contribution >= 4 is 64.3 Å². The van der Waals surface area contributed by atoms with Crippen LogP contribution in [0.4, 0.5) is 28.2 Å². The maximum Gasteiger partial charge on any atom is 0.405 e. The number of aromatic nitrogens is 3. The van der Waals surface area contributed by atoms with Crippen LogP contribution in [-0.2, 0) is 47.6 Å². The number of nitrogens with zero attached hydrogens (tertiary/aromatic N) is 4. The number of nitrogens with two attached hydrogens (primary N) is 1. The number of anilines is 1. The van der Waals surface area contributed by atoms with Crippen LogP contribution in [0.1, 0.15) is 49.7 Å². The summed E-state index contributed by atoms with van der Waals surface area (Å²) >= 11 is 6.50. The summed E-state index contributed by atoms with van der Waals surface area (Å²) in [7, 11) is -13.0. The summed E-state index contributed by atoms with van der Waals surface area (Å²) in [6.07, 6.45) is -4.43. The molecule has 1 aliphatic rings. The summed E-state index contributed by atoms with van der Waals surface area (Å²) in [5, 5.41) is 2.74. The van der Waals surface area contributed by atoms with E-state index in [2.05, 4.69) is 21.9 Å². The summed E-state index contributed by atoms with van der Waals surface area (Å²) in [5.41, 5.74) is 4.65. The van der Waals surface area contributed by atoms with E-state index >= 15 is 0 Å². The van der Waals surface area contributed by atoms with Crippen molar-refractivity contribution in [2.24, 2.45) is 5.73 Å². The molecule has 1 aliphatic carbocycles. The normalized spacial score (nSPS) is 14.5. The largest absolute Gasteiger partial charge is 0.439 e. The molecule has 1 amide bonds. The second-order valence-electron chi connectivity index (χ2n) is 13.0. The fourth-order valence-electron chi connectivity index (χ4n) is 5.81. The summed E-state index contributed by atoms with van der Waals surface area (Å²) in [4.78, 5) is 16.8. The van der Waals surface area contributed by atoms with E-state index in [0.29, 0.717) is 36.1 Å². The first-order valence-electron chi connectivity index (χ1n) is 15.8. The van der Waals surface area contributed by atoms with Gasteiger partial charge in [-0.15, -0.1) is 3.71 Å². The molecule has 2 aromatic heterocycles. The molecule has 0 saturated heterocycles. The Morgan fingerprint density at radius 2 is 1.61 bits per heavy atom. The molecule has 5 rings (SSSR count). The lowest BCUT2D eigenvalue weighted by Crippen LogP contribution is -2.35. The first kappa shape index (κ1) is 40.7. The lowest BCUT2D eigenvalue weighted by atomic mass is 9.95. The number of amides is 1. The van der Waals surface area contributed by atoms with Crippen molar-refractivity contribution in [3.8, 4) is 23.0 Å². The summed E-state index contributed by atoms with van der Waals surface area (Å²) < 4.78 is 138. The summed E-state index contributed by atoms with van der Waals surface area (Å²) in [6, 6.07) is 7.66. The highest BCUT2D eigenvalue weighted by Crippen LogP contribution is 2.43. The Bertz CT molecular complexity index is 2520. The SMILES string of the molecule is CC(C)(C#Cc1ccc(-c2ccc(Cl)c3c(N(S(C)(=O)=O)S(C)(=O)=O)nn(CC(F)F)c23)c(C(Cc2cc(F)cc(F)c2)OC(N)=O)n1)S(=O)(=O)C1CC1. The number of sulfonamides is 2. The van der Waals surface area contributed by atoms with Crippen LogP contribution < -0.4 is 9.44 Å². The second-order valence-corrected chi connectivity index (χ2v) is 20.1. The van der Waals surface area contributed by atoms with Crippen LogP contribution in [-0.4, -0.2) is 75.0 Å². The van der Waals surface area contributed by atoms with Gasteiger partial charge in [-0.25, -0.2) is 52.6 Å². The molecule has 2 heterocycles. The van der Waals surface area contributed by atoms with Crippen molar-refractivity contribution in [1.29, 1.82) is 0 Å². The predicted octanol–water partition coefficient (Wildman–Crippen LogP) is 5.11. The van der Waals surface area contributed by atoms with E-state index in [1.165, 1.54) is 38.1 Å². The van der Waals surface area contributed by atoms with Gasteiger partial charge in [0.2, 0.25) is 20.0 Å². The van der Waals surface area contributed by atoms with Crippen LogP contribution in [0, 0.1) is 23.5 Å². The number of ether oxygens (including phenoxy) is 1. The smallest absolute Gasteiger partial charge is 0.405 e. The number of hydrogen-bond acceptors (Lipinski definition) is 10. The van der Waals surface area contributed by atoms with Crippen molar-refractivity contribution < 1.29 is 52.3 Å². The molecular weight excluding hydrogens is 802 g/mol. The van der Waals surface area contributed by atoms with Gasteiger partial charge in [-0.05, 0) is 68.5 Å². The molecule has 2 N–H and O–H groups in total. The maximum atomic E-state index is 14.3. The molecule has 0 radical (unpaired) electrons. The number of rotatable bonds is 12. The van der Waals surface area contributed by atoms with Crippen LogP contribution in [0.3, 0.4) is 0 Å². The zero-order chi connectivity index (χ0) is 40.1. The Labute approximate surface area is 313 Å². The van der Waals surface area contributed by atoms with Gasteiger partial charge in [0.1, 0.15) is 28.6 Å². The molecule has 1 fully saturated rings. The number of fused-ring (bicyclic) bond motifs is 1. The molecule has 290 valence electrons. The van der Waals surface area contributed by atoms with Crippen molar-refractivity contribution in [3.05, 3.63) is 76.1 Å². The van der Waals surface area contributed by atoms with Crippen molar-refractivity contribution in [3.63, 3.8) is 0 Å². The number of carbonyl (C=O) groups is 1. The van der Waals surface area contributed by atoms with Crippen LogP contribution in [0.5, 0.6) is 0 Å². The van der Waals surface area contributed by atoms with Crippen molar-refractivity contribution in [2.45, 2.75) is 62.2 Å². The van der Waals surface area contributed by atoms with Gasteiger partial charge < -0.3 is 10.5 Å². The molecule has 13 nitrogen and oxygen atoms in total. The number of halogens is 5. The fraction of sp³-hybridized carbons (Fsp3) is 0.364. The third-order valence-corrected chi connectivity index (χ3v) is 14.6. The van der Waals surface area contributed by atoms with E-state index in [4.69, 9.17) is 22.1 Å². The van der Waals surface area contributed by atoms with E-state index in [-0.39, 0.29) is 47.7 Å². The minimum absolute atomic E-state index is 0.0390. The molecule has 1 unspecified atom stereocenters. The first-order valence-corrected chi connectivity index (χ1v) is 21.4. The molecule has 0 aliphatic heterocycles. The molecular formula is C33H32ClF4N5O8S3. The number of benzene rings is 2. The third-order valence-electron chi connectivity index (χ3n) is 8.20. The molecule has 1 atom stereocenters. The van der Waals surface area contributed by atoms with Crippen LogP contribution in [0.15, 0.2) is 42.5 Å². The monoisotopic (exact) mass is 833 g/mol. The number of pyridine rings is 1. The van der Waals surface area contributed by atoms with Gasteiger partial charge in [0.25, 0.3) is 6.43 Å². The van der Waals surface area contributed by atoms with Crippen molar-refractivity contribution in [1.82, 2.24) is 14.8 Å². The lowest BCUT2D eigenvalue weighted by Gasteiger charge is -2.21. The van der Waals surface area contributed by atoms with Gasteiger partial charge in [-0.2, -0.15) is 5.10 Å². The maximum absolute atomic E-state index is 14.3. The number of sulfone groups is 1. The zero-order valence-corrected chi connectivity index (χ0v) is 32.1. The van der Waals surface area contributed by atoms with Gasteiger partial charge in [0, 0.05) is 23.6 Å². The van der Waals surface area contributed by atoms with Crippen LogP contribution >= 0.6 is 11.6 Å². The summed E-state index contributed by atoms with van der Waals surface area (Å²) in [6.45, 7) is 1.65. The molecule has 2 aromatic carbocycles. The first-order chi connectivity index (χ1) is 24.9. The van der Waals surface area contributed by atoms with E-state index in [1.54, 1.807) is 0 Å². The number of primary amides is 1. The fourth-order valence-corrected chi connectivity index (χ4v) is 10.7. The Balaban J connectivity index is 1.85. The zero-order valence-electron chi connectivity index (χ0n) is 28.8. The van der Waals surface area contributed by atoms with Crippen LogP contribution in [0.25, 0.3) is 22.0 Å². The molecule has 4 aromatic rings. The highest BCUT2D eigenvalue weighted by molar-refractivity contribution is 8.09. The standard InChI is InChI=1S/C33H32ClF4N5O8S3/c1-33(2,54(49,50)22-6-7-22)12-11-21-5-8-23(29(40-21)26(51-32(39)44)15-18-13-19(35)16-20(36)14-18)24-9-10-25(34)28-30(24)42(17-27(37)38)41-31(28)43(52(3,45)46)53(4,47)48/h5,8-10,13-14,16,22,26-27H,6-7,15,17H2,1-4H3,(H2,39,44). The topological polar surface area (TPSA) is 189 Å². The number of hydrogen-bond donors (Lipinski definition) is 1. The molecule has 0 bridgehead atoms. The second kappa shape index (κ2) is 14.7. The van der Waals surface area contributed by atoms with Gasteiger partial charge in [-0.3, -0.25) is 4.68 Å². The molecule has 0 spiro atoms. The Hall–Kier alpha value is -4.45. The minimum atomic E-state index is -4.67. The number of carbonyl (C=O) groups excluding carboxylic acids is 1. The Morgan fingerprint density at radius 1 is 1.02 bits per heavy atom. The van der Waals surface area contributed by atoms with Gasteiger partial charge in [0.05, 0.1) is 39.4 Å². The predicted molar refractivity (Wildman–Crippen MR) is 193 cm³/mol. The quantitative estimate of drug-likeness (QED) is 0.149. The van der Waals surface area contributed by atoms with Gasteiger partial charge in [0.15, 0.2) is 21.8 Å². The molecule has 54 heavy (non-hydrogen) atoms. The van der Waals surface area contributed by atoms with E-state index in [9.17, 15) is 47.6 Å². The van der Waals surface area contributed by atoms with Gasteiger partial charge >= 0.3 is 6.09 Å². The lowest BCUT2D eigenvalue weighted by molar-refractivity contribution is 0.104. The molecule has 21 heteroatoms. The minimum Gasteiger partial charge on any atom is -0.439 e. The molecule has 1 saturated carbocycles. The van der Waals surface area contributed by atoms with Gasteiger partial charge in [-0.1, -0.05) is 23.6 Å². The Kier molecular flexibility index (Phi) is 11.1. The Morgan fingerprint density at radius 3 is 2.15 bits per heavy atom.